The zero-order valence-corrected chi connectivity index (χ0v) is 18.6. The van der Waals surface area contributed by atoms with E-state index in [9.17, 15) is 39.2 Å². The zero-order chi connectivity index (χ0) is 25.9. The summed E-state index contributed by atoms with van der Waals surface area (Å²) in [5, 5.41) is 0. The molecular weight excluding hydrogens is 503 g/mol. The maximum atomic E-state index is 14.5. The van der Waals surface area contributed by atoms with Gasteiger partial charge >= 0.3 is 21.7 Å². The molecule has 0 aliphatic heterocycles. The van der Waals surface area contributed by atoms with Gasteiger partial charge in [-0.2, -0.15) is 34.8 Å². The van der Waals surface area contributed by atoms with Crippen LogP contribution < -0.4 is 4.72 Å². The lowest BCUT2D eigenvalue weighted by Gasteiger charge is -2.12. The Morgan fingerprint density at radius 3 is 2.17 bits per heavy atom. The summed E-state index contributed by atoms with van der Waals surface area (Å²) in [4.78, 5) is 0. The average Bonchev–Trinajstić information content (AvgIpc) is 2.76. The van der Waals surface area contributed by atoms with Gasteiger partial charge in [0, 0.05) is 11.3 Å². The lowest BCUT2D eigenvalue weighted by molar-refractivity contribution is -0.137. The molecule has 0 amide bonds. The van der Waals surface area contributed by atoms with Gasteiger partial charge in [0.2, 0.25) is 0 Å². The van der Waals surface area contributed by atoms with Crippen LogP contribution in [0.15, 0.2) is 66.7 Å². The van der Waals surface area contributed by atoms with E-state index in [1.54, 1.807) is 6.07 Å². The molecule has 0 radical (unpaired) electrons. The van der Waals surface area contributed by atoms with Crippen molar-refractivity contribution in [3.05, 3.63) is 89.2 Å². The fourth-order valence-corrected chi connectivity index (χ4v) is 3.65. The van der Waals surface area contributed by atoms with Crippen LogP contribution in [0.4, 0.5) is 36.4 Å². The monoisotopic (exact) mass is 521 g/mol. The predicted octanol–water partition coefficient (Wildman–Crippen LogP) is 6.53. The SMILES string of the molecule is O=S(=O)(Nc1cccc(CCOCc2ccc(-c3cccc(C(F)(F)F)c3)cc2F)c1)C(F)(F)F. The van der Waals surface area contributed by atoms with E-state index in [1.165, 1.54) is 41.1 Å². The van der Waals surface area contributed by atoms with Crippen LogP contribution in [0, 0.1) is 5.82 Å². The summed E-state index contributed by atoms with van der Waals surface area (Å²) in [7, 11) is -5.55. The Morgan fingerprint density at radius 1 is 0.829 bits per heavy atom. The zero-order valence-electron chi connectivity index (χ0n) is 17.8. The van der Waals surface area contributed by atoms with E-state index in [0.717, 1.165) is 24.3 Å². The van der Waals surface area contributed by atoms with Crippen molar-refractivity contribution >= 4 is 15.7 Å². The molecule has 0 aromatic heterocycles. The van der Waals surface area contributed by atoms with Gasteiger partial charge < -0.3 is 4.74 Å². The molecule has 0 spiro atoms. The van der Waals surface area contributed by atoms with Gasteiger partial charge in [0.05, 0.1) is 18.8 Å². The molecule has 1 N–H and O–H groups in total. The van der Waals surface area contributed by atoms with Gasteiger partial charge in [-0.15, -0.1) is 0 Å². The van der Waals surface area contributed by atoms with Crippen molar-refractivity contribution in [1.82, 2.24) is 0 Å². The number of sulfonamides is 1. The van der Waals surface area contributed by atoms with Crippen molar-refractivity contribution in [1.29, 1.82) is 0 Å². The summed E-state index contributed by atoms with van der Waals surface area (Å²) in [6.45, 7) is -0.112. The number of anilines is 1. The van der Waals surface area contributed by atoms with Gasteiger partial charge in [0.1, 0.15) is 5.82 Å². The first-order chi connectivity index (χ1) is 16.3. The van der Waals surface area contributed by atoms with Crippen LogP contribution in [-0.2, 0) is 34.0 Å². The molecule has 3 aromatic carbocycles. The van der Waals surface area contributed by atoms with Crippen molar-refractivity contribution in [3.63, 3.8) is 0 Å². The number of hydrogen-bond acceptors (Lipinski definition) is 3. The van der Waals surface area contributed by atoms with Crippen LogP contribution in [0.1, 0.15) is 16.7 Å². The largest absolute Gasteiger partial charge is 0.516 e. The average molecular weight is 521 g/mol. The first kappa shape index (κ1) is 26.5. The fraction of sp³-hybridized carbons (Fsp3) is 0.217. The topological polar surface area (TPSA) is 55.4 Å². The second-order valence-corrected chi connectivity index (χ2v) is 9.11. The second-order valence-electron chi connectivity index (χ2n) is 7.44. The number of benzene rings is 3. The van der Waals surface area contributed by atoms with E-state index < -0.39 is 33.1 Å². The third-order valence-corrected chi connectivity index (χ3v) is 5.97. The highest BCUT2D eigenvalue weighted by Gasteiger charge is 2.46. The van der Waals surface area contributed by atoms with Gasteiger partial charge in [-0.25, -0.2) is 4.39 Å². The summed E-state index contributed by atoms with van der Waals surface area (Å²) in [6.07, 6.45) is -4.32. The molecule has 0 aliphatic rings. The van der Waals surface area contributed by atoms with Crippen LogP contribution >= 0.6 is 0 Å². The highest BCUT2D eigenvalue weighted by Crippen LogP contribution is 2.32. The van der Waals surface area contributed by atoms with Crippen molar-refractivity contribution < 1.29 is 43.9 Å². The predicted molar refractivity (Wildman–Crippen MR) is 115 cm³/mol. The molecule has 3 rings (SSSR count). The molecule has 0 unspecified atom stereocenters. The highest BCUT2D eigenvalue weighted by atomic mass is 32.2. The Hall–Kier alpha value is -3.12. The molecule has 3 aromatic rings. The third kappa shape index (κ3) is 6.95. The lowest BCUT2D eigenvalue weighted by Crippen LogP contribution is -2.29. The molecule has 0 fully saturated rings. The second kappa shape index (κ2) is 10.2. The first-order valence-electron chi connectivity index (χ1n) is 9.98. The molecule has 0 aliphatic carbocycles. The van der Waals surface area contributed by atoms with Gasteiger partial charge in [-0.3, -0.25) is 4.72 Å². The van der Waals surface area contributed by atoms with Gasteiger partial charge in [-0.05, 0) is 53.4 Å². The van der Waals surface area contributed by atoms with Gasteiger partial charge in [-0.1, -0.05) is 36.4 Å². The van der Waals surface area contributed by atoms with Crippen LogP contribution in [0.3, 0.4) is 0 Å². The van der Waals surface area contributed by atoms with Crippen molar-refractivity contribution in [2.75, 3.05) is 11.3 Å². The number of hydrogen-bond donors (Lipinski definition) is 1. The molecule has 188 valence electrons. The Labute approximate surface area is 196 Å². The third-order valence-electron chi connectivity index (χ3n) is 4.85. The standard InChI is InChI=1S/C23H18F7NO3S/c24-21-13-17(16-4-2-5-19(12-16)22(25,26)27)7-8-18(21)14-34-10-9-15-3-1-6-20(11-15)31-35(32,33)23(28,29)30/h1-8,11-13,31H,9-10,14H2. The highest BCUT2D eigenvalue weighted by molar-refractivity contribution is 7.93. The van der Waals surface area contributed by atoms with Crippen LogP contribution in [0.25, 0.3) is 11.1 Å². The minimum absolute atomic E-state index is 0.0459. The van der Waals surface area contributed by atoms with Crippen molar-refractivity contribution in [2.45, 2.75) is 24.7 Å². The molecule has 12 heteroatoms. The maximum Gasteiger partial charge on any atom is 0.516 e. The van der Waals surface area contributed by atoms with Gasteiger partial charge in [0.25, 0.3) is 0 Å². The molecule has 0 atom stereocenters. The Bertz CT molecular complexity index is 1290. The van der Waals surface area contributed by atoms with Gasteiger partial charge in [0.15, 0.2) is 0 Å². The quantitative estimate of drug-likeness (QED) is 0.271. The molecular formula is C23H18F7NO3S. The minimum Gasteiger partial charge on any atom is -0.376 e. The van der Waals surface area contributed by atoms with E-state index in [1.807, 2.05) is 0 Å². The lowest BCUT2D eigenvalue weighted by atomic mass is 10.0. The summed E-state index contributed by atoms with van der Waals surface area (Å²) < 4.78 is 120. The molecule has 0 saturated heterocycles. The number of rotatable bonds is 8. The molecule has 0 saturated carbocycles. The molecule has 0 heterocycles. The molecule has 0 bridgehead atoms. The van der Waals surface area contributed by atoms with Crippen molar-refractivity contribution in [3.8, 4) is 11.1 Å². The van der Waals surface area contributed by atoms with Crippen LogP contribution in [0.5, 0.6) is 0 Å². The fourth-order valence-electron chi connectivity index (χ4n) is 3.09. The Kier molecular flexibility index (Phi) is 7.75. The van der Waals surface area contributed by atoms with E-state index in [2.05, 4.69) is 0 Å². The molecule has 35 heavy (non-hydrogen) atoms. The van der Waals surface area contributed by atoms with Crippen molar-refractivity contribution in [2.24, 2.45) is 0 Å². The van der Waals surface area contributed by atoms with E-state index in [-0.39, 0.29) is 42.0 Å². The normalized spacial score (nSPS) is 12.5. The maximum absolute atomic E-state index is 14.5. The smallest absolute Gasteiger partial charge is 0.376 e. The first-order valence-corrected chi connectivity index (χ1v) is 11.5. The minimum atomic E-state index is -5.55. The Morgan fingerprint density at radius 2 is 1.51 bits per heavy atom. The van der Waals surface area contributed by atoms with E-state index >= 15 is 0 Å². The number of alkyl halides is 6. The van der Waals surface area contributed by atoms with Crippen LogP contribution in [0.2, 0.25) is 0 Å². The summed E-state index contributed by atoms with van der Waals surface area (Å²) in [6, 6.07) is 13.8. The Balaban J connectivity index is 1.58. The van der Waals surface area contributed by atoms with E-state index in [0.29, 0.717) is 5.56 Å². The number of halogens is 7. The van der Waals surface area contributed by atoms with E-state index in [4.69, 9.17) is 4.74 Å². The number of nitrogens with one attached hydrogen (secondary N) is 1. The molecule has 4 nitrogen and oxygen atoms in total. The summed E-state index contributed by atoms with van der Waals surface area (Å²) in [5.74, 6) is -0.677. The summed E-state index contributed by atoms with van der Waals surface area (Å²) in [5.41, 5.74) is -5.47. The number of ether oxygens (including phenoxy) is 1. The van der Waals surface area contributed by atoms with Crippen LogP contribution in [-0.4, -0.2) is 20.5 Å². The summed E-state index contributed by atoms with van der Waals surface area (Å²) >= 11 is 0.